The van der Waals surface area contributed by atoms with E-state index in [1.54, 1.807) is 42.5 Å². The number of nitrogens with two attached hydrogens (primary N) is 1. The molecule has 7 nitrogen and oxygen atoms in total. The number of ether oxygens (including phenoxy) is 1. The van der Waals surface area contributed by atoms with Gasteiger partial charge in [0.05, 0.1) is 4.92 Å². The Bertz CT molecular complexity index is 853. The van der Waals surface area contributed by atoms with Gasteiger partial charge in [-0.2, -0.15) is 5.26 Å². The number of primary amides is 1. The number of nitro groups is 1. The van der Waals surface area contributed by atoms with Crippen molar-refractivity contribution in [3.63, 3.8) is 0 Å². The van der Waals surface area contributed by atoms with Crippen LogP contribution in [-0.4, -0.2) is 10.8 Å². The smallest absolute Gasteiger partial charge is 0.269 e. The van der Waals surface area contributed by atoms with Crippen molar-refractivity contribution in [2.75, 3.05) is 0 Å². The van der Waals surface area contributed by atoms with Crippen LogP contribution in [0.15, 0.2) is 54.1 Å². The summed E-state index contributed by atoms with van der Waals surface area (Å²) in [5.74, 6) is -0.399. The summed E-state index contributed by atoms with van der Waals surface area (Å²) in [5, 5.41) is 19.7. The monoisotopic (exact) mass is 323 g/mol. The minimum atomic E-state index is -0.828. The Morgan fingerprint density at radius 1 is 1.29 bits per heavy atom. The third-order valence-electron chi connectivity index (χ3n) is 3.12. The first-order valence-electron chi connectivity index (χ1n) is 6.88. The molecule has 7 heteroatoms. The van der Waals surface area contributed by atoms with Gasteiger partial charge in [-0.15, -0.1) is 0 Å². The van der Waals surface area contributed by atoms with Gasteiger partial charge in [-0.25, -0.2) is 0 Å². The summed E-state index contributed by atoms with van der Waals surface area (Å²) in [6.45, 7) is 0.102. The Hall–Kier alpha value is -3.66. The van der Waals surface area contributed by atoms with E-state index in [4.69, 9.17) is 15.7 Å². The van der Waals surface area contributed by atoms with Gasteiger partial charge in [-0.1, -0.05) is 30.3 Å². The van der Waals surface area contributed by atoms with E-state index in [-0.39, 0.29) is 17.9 Å². The molecule has 0 saturated carbocycles. The molecule has 0 spiro atoms. The average molecular weight is 323 g/mol. The first-order valence-corrected chi connectivity index (χ1v) is 6.88. The molecule has 120 valence electrons. The minimum Gasteiger partial charge on any atom is -0.488 e. The lowest BCUT2D eigenvalue weighted by molar-refractivity contribution is -0.384. The number of carbonyl (C=O) groups excluding carboxylic acids is 1. The third kappa shape index (κ3) is 4.18. The molecule has 0 aromatic heterocycles. The van der Waals surface area contributed by atoms with Crippen molar-refractivity contribution in [1.82, 2.24) is 0 Å². The number of nitro benzene ring substituents is 1. The summed E-state index contributed by atoms with van der Waals surface area (Å²) in [6, 6.07) is 14.6. The number of amides is 1. The lowest BCUT2D eigenvalue weighted by Gasteiger charge is -2.09. The Balaban J connectivity index is 2.23. The second-order valence-corrected chi connectivity index (χ2v) is 4.79. The molecule has 0 aliphatic heterocycles. The van der Waals surface area contributed by atoms with Crippen LogP contribution in [0.1, 0.15) is 11.1 Å². The maximum atomic E-state index is 11.2. The lowest BCUT2D eigenvalue weighted by Crippen LogP contribution is -2.12. The molecule has 0 unspecified atom stereocenters. The number of nitrogens with zero attached hydrogens (tertiary/aromatic N) is 2. The summed E-state index contributed by atoms with van der Waals surface area (Å²) in [6.07, 6.45) is 1.34. The van der Waals surface area contributed by atoms with Crippen molar-refractivity contribution in [3.8, 4) is 11.8 Å². The zero-order valence-corrected chi connectivity index (χ0v) is 12.5. The average Bonchev–Trinajstić information content (AvgIpc) is 2.58. The first kappa shape index (κ1) is 16.7. The Morgan fingerprint density at radius 3 is 2.71 bits per heavy atom. The van der Waals surface area contributed by atoms with Crippen molar-refractivity contribution in [1.29, 1.82) is 5.26 Å². The van der Waals surface area contributed by atoms with E-state index in [1.165, 1.54) is 18.2 Å². The minimum absolute atomic E-state index is 0.0234. The molecular weight excluding hydrogens is 310 g/mol. The quantitative estimate of drug-likeness (QED) is 0.379. The Kier molecular flexibility index (Phi) is 5.26. The topological polar surface area (TPSA) is 119 Å². The highest BCUT2D eigenvalue weighted by Gasteiger charge is 2.09. The van der Waals surface area contributed by atoms with Crippen molar-refractivity contribution in [2.24, 2.45) is 5.73 Å². The highest BCUT2D eigenvalue weighted by atomic mass is 16.6. The summed E-state index contributed by atoms with van der Waals surface area (Å²) >= 11 is 0. The molecule has 0 heterocycles. The van der Waals surface area contributed by atoms with Crippen LogP contribution in [-0.2, 0) is 11.4 Å². The second-order valence-electron chi connectivity index (χ2n) is 4.79. The number of carbonyl (C=O) groups is 1. The maximum absolute atomic E-state index is 11.2. The normalized spacial score (nSPS) is 10.7. The fourth-order valence-electron chi connectivity index (χ4n) is 1.97. The molecule has 24 heavy (non-hydrogen) atoms. The highest BCUT2D eigenvalue weighted by Crippen LogP contribution is 2.23. The Morgan fingerprint density at radius 2 is 2.04 bits per heavy atom. The van der Waals surface area contributed by atoms with E-state index < -0.39 is 10.8 Å². The molecule has 2 rings (SSSR count). The van der Waals surface area contributed by atoms with Gasteiger partial charge < -0.3 is 10.5 Å². The number of non-ortho nitro benzene ring substituents is 1. The van der Waals surface area contributed by atoms with Crippen molar-refractivity contribution in [3.05, 3.63) is 75.3 Å². The molecular formula is C17H13N3O4. The van der Waals surface area contributed by atoms with Crippen molar-refractivity contribution >= 4 is 17.7 Å². The van der Waals surface area contributed by atoms with Crippen molar-refractivity contribution < 1.29 is 14.5 Å². The van der Waals surface area contributed by atoms with Crippen LogP contribution in [0, 0.1) is 21.4 Å². The number of rotatable bonds is 6. The van der Waals surface area contributed by atoms with Crippen LogP contribution >= 0.6 is 0 Å². The lowest BCUT2D eigenvalue weighted by atomic mass is 10.1. The van der Waals surface area contributed by atoms with Gasteiger partial charge in [0.25, 0.3) is 11.6 Å². The van der Waals surface area contributed by atoms with Crippen LogP contribution in [0.2, 0.25) is 0 Å². The number of hydrogen-bond acceptors (Lipinski definition) is 5. The summed E-state index contributed by atoms with van der Waals surface area (Å²) in [5.41, 5.74) is 6.04. The van der Waals surface area contributed by atoms with Gasteiger partial charge in [0.2, 0.25) is 0 Å². The largest absolute Gasteiger partial charge is 0.488 e. The molecule has 2 aromatic rings. The summed E-state index contributed by atoms with van der Waals surface area (Å²) < 4.78 is 5.65. The standard InChI is InChI=1S/C17H13N3O4/c18-10-14(17(19)21)9-13-5-1-2-7-16(13)24-11-12-4-3-6-15(8-12)20(22)23/h1-9H,11H2,(H2,19,21)/b14-9+. The van der Waals surface area contributed by atoms with E-state index in [0.29, 0.717) is 16.9 Å². The zero-order chi connectivity index (χ0) is 17.5. The van der Waals surface area contributed by atoms with E-state index in [9.17, 15) is 14.9 Å². The maximum Gasteiger partial charge on any atom is 0.269 e. The van der Waals surface area contributed by atoms with Crippen LogP contribution in [0.3, 0.4) is 0 Å². The summed E-state index contributed by atoms with van der Waals surface area (Å²) in [4.78, 5) is 21.5. The molecule has 0 fully saturated rings. The molecule has 2 N–H and O–H groups in total. The van der Waals surface area contributed by atoms with Gasteiger partial charge >= 0.3 is 0 Å². The summed E-state index contributed by atoms with van der Waals surface area (Å²) in [7, 11) is 0. The fourth-order valence-corrected chi connectivity index (χ4v) is 1.97. The molecule has 0 aliphatic carbocycles. The number of hydrogen-bond donors (Lipinski definition) is 1. The van der Waals surface area contributed by atoms with Crippen LogP contribution in [0.25, 0.3) is 6.08 Å². The number of para-hydroxylation sites is 1. The SMILES string of the molecule is N#C/C(=C\c1ccccc1OCc1cccc([N+](=O)[O-])c1)C(N)=O. The number of benzene rings is 2. The second kappa shape index (κ2) is 7.56. The molecule has 0 saturated heterocycles. The van der Waals surface area contributed by atoms with Gasteiger partial charge in [0.1, 0.15) is 24.0 Å². The predicted molar refractivity (Wildman–Crippen MR) is 86.7 cm³/mol. The van der Waals surface area contributed by atoms with E-state index >= 15 is 0 Å². The fraction of sp³-hybridized carbons (Fsp3) is 0.0588. The van der Waals surface area contributed by atoms with Crippen LogP contribution < -0.4 is 10.5 Å². The molecule has 0 atom stereocenters. The van der Waals surface area contributed by atoms with Gasteiger partial charge in [0.15, 0.2) is 0 Å². The molecule has 0 radical (unpaired) electrons. The van der Waals surface area contributed by atoms with E-state index in [0.717, 1.165) is 0 Å². The zero-order valence-electron chi connectivity index (χ0n) is 12.5. The van der Waals surface area contributed by atoms with Gasteiger partial charge in [-0.05, 0) is 17.7 Å². The van der Waals surface area contributed by atoms with Crippen LogP contribution in [0.5, 0.6) is 5.75 Å². The predicted octanol–water partition coefficient (Wildman–Crippen LogP) is 2.57. The third-order valence-corrected chi connectivity index (χ3v) is 3.12. The molecule has 1 amide bonds. The van der Waals surface area contributed by atoms with E-state index in [1.807, 2.05) is 0 Å². The highest BCUT2D eigenvalue weighted by molar-refractivity contribution is 6.00. The Labute approximate surface area is 137 Å². The number of nitriles is 1. The first-order chi connectivity index (χ1) is 11.5. The van der Waals surface area contributed by atoms with Gasteiger partial charge in [0, 0.05) is 17.7 Å². The van der Waals surface area contributed by atoms with Crippen LogP contribution in [0.4, 0.5) is 5.69 Å². The molecule has 0 bridgehead atoms. The molecule has 0 aliphatic rings. The molecule has 2 aromatic carbocycles. The van der Waals surface area contributed by atoms with Crippen molar-refractivity contribution in [2.45, 2.75) is 6.61 Å². The van der Waals surface area contributed by atoms with Gasteiger partial charge in [-0.3, -0.25) is 14.9 Å². The van der Waals surface area contributed by atoms with E-state index in [2.05, 4.69) is 0 Å².